The standard InChI is InChI=1S/3C6F5.C4F9O.Al/c3*7-2-1-3(8)5(10)6(11)4(2)9;5-2(6,7)1(14,3(8,9)10)4(11,12)13;/q;;;-1;. The molecule has 0 saturated heterocycles. The van der Waals surface area contributed by atoms with E-state index in [2.05, 4.69) is 3.79 Å². The molecule has 3 aromatic rings. The maximum absolute atomic E-state index is 15.2. The smallest absolute Gasteiger partial charge is 0.430 e. The molecular formula is C22AlF24O-. The predicted molar refractivity (Wildman–Crippen MR) is 105 cm³/mol. The van der Waals surface area contributed by atoms with Crippen molar-refractivity contribution in [2.45, 2.75) is 24.1 Å². The minimum Gasteiger partial charge on any atom is -0.623 e. The summed E-state index contributed by atoms with van der Waals surface area (Å²) in [6.07, 6.45) is -25.4. The maximum Gasteiger partial charge on any atom is 0.430 e. The number of alkyl halides is 9. The summed E-state index contributed by atoms with van der Waals surface area (Å²) in [4.78, 5) is 0. The second-order valence-corrected chi connectivity index (χ2v) is 12.6. The molecule has 0 spiro atoms. The SMILES string of the molecule is Fc1c(F)c(F)[c]([Al-]([O]C(C(F)(F)F)(C(F)(F)F)C(F)(F)F)([c]2c(F)c(F)c(F)c(F)c2F)[c]2c(F)c(F)c(F)c(F)c2F)c(F)c1F. The van der Waals surface area contributed by atoms with Crippen LogP contribution >= 0.6 is 0 Å². The van der Waals surface area contributed by atoms with Gasteiger partial charge in [0.2, 0.25) is 0 Å². The Morgan fingerprint density at radius 2 is 0.417 bits per heavy atom. The lowest BCUT2D eigenvalue weighted by molar-refractivity contribution is -0.439. The van der Waals surface area contributed by atoms with E-state index in [4.69, 9.17) is 0 Å². The second kappa shape index (κ2) is 11.8. The van der Waals surface area contributed by atoms with E-state index in [9.17, 15) is 79.0 Å². The molecule has 26 heteroatoms. The van der Waals surface area contributed by atoms with Crippen molar-refractivity contribution in [1.29, 1.82) is 0 Å². The summed E-state index contributed by atoms with van der Waals surface area (Å²) in [6.45, 7) is 0. The van der Waals surface area contributed by atoms with E-state index < -0.39 is 138 Å². The van der Waals surface area contributed by atoms with Crippen molar-refractivity contribution in [2.24, 2.45) is 0 Å². The van der Waals surface area contributed by atoms with Crippen molar-refractivity contribution in [3.8, 4) is 0 Å². The van der Waals surface area contributed by atoms with Gasteiger partial charge in [-0.3, -0.25) is 0 Å². The molecule has 0 amide bonds. The Morgan fingerprint density at radius 1 is 0.271 bits per heavy atom. The highest BCUT2D eigenvalue weighted by Crippen LogP contribution is 2.56. The molecule has 0 N–H and O–H groups in total. The van der Waals surface area contributed by atoms with Gasteiger partial charge >= 0.3 is 37.5 Å². The summed E-state index contributed by atoms with van der Waals surface area (Å²) in [6, 6.07) is 0. The van der Waals surface area contributed by atoms with Crippen LogP contribution in [-0.4, -0.2) is 37.5 Å². The molecule has 0 fully saturated rings. The first-order valence-corrected chi connectivity index (χ1v) is 13.3. The van der Waals surface area contributed by atoms with E-state index in [0.717, 1.165) is 0 Å². The van der Waals surface area contributed by atoms with Crippen LogP contribution in [0.15, 0.2) is 0 Å². The highest BCUT2D eigenvalue weighted by Gasteiger charge is 2.85. The zero-order valence-corrected chi connectivity index (χ0v) is 22.2. The van der Waals surface area contributed by atoms with Crippen LogP contribution in [0, 0.1) is 87.3 Å². The highest BCUT2D eigenvalue weighted by molar-refractivity contribution is 7.07. The lowest BCUT2D eigenvalue weighted by atomic mass is 10.0. The highest BCUT2D eigenvalue weighted by atomic mass is 27.3. The predicted octanol–water partition coefficient (Wildman–Crippen LogP) is 7.18. The molecule has 0 aliphatic rings. The van der Waals surface area contributed by atoms with E-state index in [1.165, 1.54) is 0 Å². The number of hydrogen-bond donors (Lipinski definition) is 0. The van der Waals surface area contributed by atoms with Gasteiger partial charge in [0.1, 0.15) is 34.9 Å². The van der Waals surface area contributed by atoms with E-state index in [1.54, 1.807) is 0 Å². The molecule has 0 aliphatic carbocycles. The Labute approximate surface area is 247 Å². The van der Waals surface area contributed by atoms with Gasteiger partial charge in [-0.25, -0.2) is 65.9 Å². The quantitative estimate of drug-likeness (QED) is 0.116. The Morgan fingerprint density at radius 3 is 0.562 bits per heavy atom. The van der Waals surface area contributed by atoms with Crippen molar-refractivity contribution in [3.05, 3.63) is 87.3 Å². The maximum atomic E-state index is 15.2. The van der Waals surface area contributed by atoms with Crippen molar-refractivity contribution < 1.29 is 109 Å². The Hall–Kier alpha value is -3.53. The molecule has 48 heavy (non-hydrogen) atoms. The molecule has 266 valence electrons. The van der Waals surface area contributed by atoms with Crippen LogP contribution < -0.4 is 13.3 Å². The first-order valence-electron chi connectivity index (χ1n) is 11.1. The first kappa shape index (κ1) is 38.9. The molecule has 0 saturated carbocycles. The molecule has 0 bridgehead atoms. The zero-order valence-electron chi connectivity index (χ0n) is 21.1. The lowest BCUT2D eigenvalue weighted by Crippen LogP contribution is -2.82. The molecular weight excluding hydrogens is 763 g/mol. The van der Waals surface area contributed by atoms with Gasteiger partial charge in [0.15, 0.2) is 52.4 Å². The fourth-order valence-corrected chi connectivity index (χ4v) is 9.55. The lowest BCUT2D eigenvalue weighted by Gasteiger charge is -2.51. The van der Waals surface area contributed by atoms with Gasteiger partial charge in [-0.15, -0.1) is 13.3 Å². The van der Waals surface area contributed by atoms with Gasteiger partial charge < -0.3 is 3.79 Å². The molecule has 0 radical (unpaired) electrons. The van der Waals surface area contributed by atoms with E-state index in [-0.39, 0.29) is 0 Å². The molecule has 0 aliphatic heterocycles. The summed E-state index contributed by atoms with van der Waals surface area (Å²) in [5, 5.41) is 0. The van der Waals surface area contributed by atoms with Gasteiger partial charge in [-0.05, 0) is 0 Å². The van der Waals surface area contributed by atoms with Gasteiger partial charge in [-0.1, -0.05) is 0 Å². The van der Waals surface area contributed by atoms with Crippen molar-refractivity contribution in [1.82, 2.24) is 0 Å². The Balaban J connectivity index is 3.12. The molecule has 3 rings (SSSR count). The van der Waals surface area contributed by atoms with E-state index in [0.29, 0.717) is 0 Å². The second-order valence-electron chi connectivity index (χ2n) is 9.03. The summed E-state index contributed by atoms with van der Waals surface area (Å²) in [5.41, 5.74) is -8.53. The van der Waals surface area contributed by atoms with Crippen LogP contribution in [0.3, 0.4) is 0 Å². The van der Waals surface area contributed by atoms with Gasteiger partial charge in [0.05, 0.1) is 0 Å². The van der Waals surface area contributed by atoms with Crippen LogP contribution in [0.25, 0.3) is 0 Å². The summed E-state index contributed by atoms with van der Waals surface area (Å²) in [7, 11) is 0. The molecule has 1 nitrogen and oxygen atoms in total. The van der Waals surface area contributed by atoms with Crippen molar-refractivity contribution >= 4 is 26.7 Å². The van der Waals surface area contributed by atoms with Crippen LogP contribution in [0.1, 0.15) is 0 Å². The third kappa shape index (κ3) is 5.12. The largest absolute Gasteiger partial charge is 0.623 e. The average molecular weight is 763 g/mol. The van der Waals surface area contributed by atoms with Gasteiger partial charge in [0.25, 0.3) is 0 Å². The average Bonchev–Trinajstić information content (AvgIpc) is 2.95. The summed E-state index contributed by atoms with van der Waals surface area (Å²) >= 11 is -10.3. The monoisotopic (exact) mass is 763 g/mol. The van der Waals surface area contributed by atoms with E-state index in [1.807, 2.05) is 0 Å². The molecule has 0 aromatic heterocycles. The summed E-state index contributed by atoms with van der Waals surface area (Å²) < 4.78 is 335. The van der Waals surface area contributed by atoms with Crippen LogP contribution in [0.5, 0.6) is 0 Å². The molecule has 0 atom stereocenters. The van der Waals surface area contributed by atoms with Crippen molar-refractivity contribution in [2.75, 3.05) is 0 Å². The topological polar surface area (TPSA) is 9.23 Å². The number of halogens is 24. The molecule has 0 unspecified atom stereocenters. The minimum absolute atomic E-state index is 2.80. The fourth-order valence-electron chi connectivity index (χ4n) is 4.49. The third-order valence-electron chi connectivity index (χ3n) is 6.50. The normalized spacial score (nSPS) is 13.5. The Bertz CT molecular complexity index is 1530. The first-order chi connectivity index (χ1) is 21.5. The van der Waals surface area contributed by atoms with Gasteiger partial charge in [-0.2, -0.15) is 39.5 Å². The van der Waals surface area contributed by atoms with E-state index >= 15 is 26.3 Å². The van der Waals surface area contributed by atoms with Crippen LogP contribution in [0.4, 0.5) is 105 Å². The van der Waals surface area contributed by atoms with Crippen LogP contribution in [-0.2, 0) is 3.79 Å². The Kier molecular flexibility index (Phi) is 9.58. The van der Waals surface area contributed by atoms with Crippen LogP contribution in [0.2, 0.25) is 0 Å². The summed E-state index contributed by atoms with van der Waals surface area (Å²) in [5.74, 6) is -59.5. The molecule has 3 aromatic carbocycles. The third-order valence-corrected chi connectivity index (χ3v) is 11.2. The van der Waals surface area contributed by atoms with Gasteiger partial charge in [0, 0.05) is 0 Å². The number of hydrogen-bond acceptors (Lipinski definition) is 1. The number of benzene rings is 3. The van der Waals surface area contributed by atoms with Crippen molar-refractivity contribution in [3.63, 3.8) is 0 Å². The zero-order chi connectivity index (χ0) is 37.6. The molecule has 0 heterocycles. The number of rotatable bonds is 5. The minimum atomic E-state index is -10.3. The fraction of sp³-hybridized carbons (Fsp3) is 0.182.